The van der Waals surface area contributed by atoms with E-state index in [-0.39, 0.29) is 30.2 Å². The van der Waals surface area contributed by atoms with Gasteiger partial charge in [0.1, 0.15) is 5.75 Å². The number of amides is 1. The Labute approximate surface area is 202 Å². The summed E-state index contributed by atoms with van der Waals surface area (Å²) in [5.41, 5.74) is 0.564. The Morgan fingerprint density at radius 2 is 2.03 bits per heavy atom. The van der Waals surface area contributed by atoms with Crippen LogP contribution < -0.4 is 10.1 Å². The lowest BCUT2D eigenvalue weighted by Gasteiger charge is -2.14. The van der Waals surface area contributed by atoms with Crippen molar-refractivity contribution in [2.75, 3.05) is 17.7 Å². The fraction of sp³-hybridized carbons (Fsp3) is 0.350. The van der Waals surface area contributed by atoms with Gasteiger partial charge in [0.2, 0.25) is 5.91 Å². The summed E-state index contributed by atoms with van der Waals surface area (Å²) in [5, 5.41) is 13.9. The summed E-state index contributed by atoms with van der Waals surface area (Å²) in [6.45, 7) is 3.96. The average Bonchev–Trinajstić information content (AvgIpc) is 3.34. The van der Waals surface area contributed by atoms with E-state index in [0.29, 0.717) is 28.4 Å². The molecule has 1 atom stereocenters. The number of rotatable bonds is 10. The number of carbonyl (C=O) groups is 2. The first-order valence-electron chi connectivity index (χ1n) is 9.70. The predicted octanol–water partition coefficient (Wildman–Crippen LogP) is 4.01. The van der Waals surface area contributed by atoms with Crippen molar-refractivity contribution in [3.05, 3.63) is 45.6 Å². The molecule has 170 valence electrons. The first kappa shape index (κ1) is 24.2. The third-order valence-corrected chi connectivity index (χ3v) is 6.48. The lowest BCUT2D eigenvalue weighted by molar-refractivity contribution is -0.142. The highest BCUT2D eigenvalue weighted by Gasteiger charge is 2.18. The largest absolute Gasteiger partial charge is 0.483 e. The van der Waals surface area contributed by atoms with E-state index in [1.807, 2.05) is 42.8 Å². The maximum Gasteiger partial charge on any atom is 0.311 e. The lowest BCUT2D eigenvalue weighted by Crippen LogP contribution is -2.15. The van der Waals surface area contributed by atoms with Crippen LogP contribution in [-0.4, -0.2) is 44.0 Å². The van der Waals surface area contributed by atoms with Crippen LogP contribution in [0.5, 0.6) is 5.75 Å². The molecule has 2 aromatic heterocycles. The predicted molar refractivity (Wildman–Crippen MR) is 126 cm³/mol. The van der Waals surface area contributed by atoms with Gasteiger partial charge in [0.05, 0.1) is 24.5 Å². The summed E-state index contributed by atoms with van der Waals surface area (Å²) in [6, 6.07) is 7.54. The van der Waals surface area contributed by atoms with Crippen molar-refractivity contribution in [2.24, 2.45) is 7.05 Å². The number of thiazole rings is 1. The number of benzene rings is 1. The van der Waals surface area contributed by atoms with Gasteiger partial charge in [-0.3, -0.25) is 9.59 Å². The Morgan fingerprint density at radius 3 is 2.75 bits per heavy atom. The van der Waals surface area contributed by atoms with Gasteiger partial charge in [-0.15, -0.1) is 21.5 Å². The van der Waals surface area contributed by atoms with Gasteiger partial charge in [-0.2, -0.15) is 0 Å². The SMILES string of the molecule is CCOC(=O)Cc1csc(NC(=O)CSc2nnc(C(C)Oc3ccc(Br)cc3)n2C)n1. The highest BCUT2D eigenvalue weighted by Crippen LogP contribution is 2.25. The molecule has 0 aliphatic carbocycles. The van der Waals surface area contributed by atoms with Crippen LogP contribution in [0.4, 0.5) is 5.13 Å². The first-order chi connectivity index (χ1) is 15.4. The van der Waals surface area contributed by atoms with Crippen molar-refractivity contribution < 1.29 is 19.1 Å². The van der Waals surface area contributed by atoms with Crippen molar-refractivity contribution in [3.63, 3.8) is 0 Å². The minimum absolute atomic E-state index is 0.0805. The van der Waals surface area contributed by atoms with Crippen molar-refractivity contribution in [1.29, 1.82) is 0 Å². The van der Waals surface area contributed by atoms with Gasteiger partial charge in [0, 0.05) is 16.9 Å². The summed E-state index contributed by atoms with van der Waals surface area (Å²) < 4.78 is 13.6. The number of nitrogens with one attached hydrogen (secondary N) is 1. The van der Waals surface area contributed by atoms with E-state index in [2.05, 4.69) is 36.4 Å². The number of halogens is 1. The Hall–Kier alpha value is -2.44. The normalized spacial score (nSPS) is 11.8. The molecule has 32 heavy (non-hydrogen) atoms. The van der Waals surface area contributed by atoms with Crippen LogP contribution in [0, 0.1) is 0 Å². The van der Waals surface area contributed by atoms with Crippen molar-refractivity contribution in [3.8, 4) is 5.75 Å². The Balaban J connectivity index is 1.51. The lowest BCUT2D eigenvalue weighted by atomic mass is 10.3. The number of hydrogen-bond donors (Lipinski definition) is 1. The number of carbonyl (C=O) groups excluding carboxylic acids is 2. The van der Waals surface area contributed by atoms with Gasteiger partial charge in [-0.25, -0.2) is 4.98 Å². The molecule has 3 aromatic rings. The van der Waals surface area contributed by atoms with E-state index in [4.69, 9.17) is 9.47 Å². The fourth-order valence-electron chi connectivity index (χ4n) is 2.67. The highest BCUT2D eigenvalue weighted by atomic mass is 79.9. The molecule has 9 nitrogen and oxygen atoms in total. The van der Waals surface area contributed by atoms with Gasteiger partial charge in [0.25, 0.3) is 0 Å². The van der Waals surface area contributed by atoms with Crippen LogP contribution in [0.25, 0.3) is 0 Å². The van der Waals surface area contributed by atoms with E-state index in [1.165, 1.54) is 23.1 Å². The molecule has 0 aliphatic heterocycles. The quantitative estimate of drug-likeness (QED) is 0.304. The number of ether oxygens (including phenoxy) is 2. The van der Waals surface area contributed by atoms with Crippen LogP contribution in [-0.2, 0) is 27.8 Å². The van der Waals surface area contributed by atoms with Crippen molar-refractivity contribution in [1.82, 2.24) is 19.7 Å². The second-order valence-electron chi connectivity index (χ2n) is 6.58. The highest BCUT2D eigenvalue weighted by molar-refractivity contribution is 9.10. The molecule has 0 aliphatic rings. The maximum atomic E-state index is 12.3. The molecule has 0 saturated carbocycles. The zero-order chi connectivity index (χ0) is 23.1. The average molecular weight is 540 g/mol. The van der Waals surface area contributed by atoms with Crippen LogP contribution >= 0.6 is 39.0 Å². The number of anilines is 1. The molecular weight excluding hydrogens is 518 g/mol. The van der Waals surface area contributed by atoms with Gasteiger partial charge < -0.3 is 19.4 Å². The molecule has 0 bridgehead atoms. The Kier molecular flexibility index (Phi) is 8.65. The number of hydrogen-bond acceptors (Lipinski definition) is 9. The Morgan fingerprint density at radius 1 is 1.28 bits per heavy atom. The summed E-state index contributed by atoms with van der Waals surface area (Å²) >= 11 is 5.92. The molecule has 3 rings (SSSR count). The molecule has 0 fully saturated rings. The van der Waals surface area contributed by atoms with E-state index >= 15 is 0 Å². The molecule has 0 spiro atoms. The topological polar surface area (TPSA) is 108 Å². The van der Waals surface area contributed by atoms with Crippen LogP contribution in [0.2, 0.25) is 0 Å². The molecule has 1 N–H and O–H groups in total. The number of nitrogens with zero attached hydrogens (tertiary/aromatic N) is 4. The zero-order valence-corrected chi connectivity index (χ0v) is 20.9. The summed E-state index contributed by atoms with van der Waals surface area (Å²) in [5.74, 6) is 0.946. The molecule has 1 amide bonds. The minimum atomic E-state index is -0.345. The molecule has 0 radical (unpaired) electrons. The standard InChI is InChI=1S/C20H22BrN5O4S2/c1-4-29-17(28)9-14-10-31-19(22-14)23-16(27)11-32-20-25-24-18(26(20)3)12(2)30-15-7-5-13(21)6-8-15/h5-8,10,12H,4,9,11H2,1-3H3,(H,22,23,27). The fourth-order valence-corrected chi connectivity index (χ4v) is 4.38. The minimum Gasteiger partial charge on any atom is -0.483 e. The van der Waals surface area contributed by atoms with Gasteiger partial charge in [-0.1, -0.05) is 27.7 Å². The summed E-state index contributed by atoms with van der Waals surface area (Å²) in [6.07, 6.45) is -0.234. The molecule has 2 heterocycles. The van der Waals surface area contributed by atoms with E-state index in [1.54, 1.807) is 12.3 Å². The maximum absolute atomic E-state index is 12.3. The van der Waals surface area contributed by atoms with E-state index in [9.17, 15) is 9.59 Å². The zero-order valence-electron chi connectivity index (χ0n) is 17.7. The molecule has 1 unspecified atom stereocenters. The Bertz CT molecular complexity index is 1070. The van der Waals surface area contributed by atoms with Crippen LogP contribution in [0.15, 0.2) is 39.3 Å². The van der Waals surface area contributed by atoms with Gasteiger partial charge >= 0.3 is 5.97 Å². The third kappa shape index (κ3) is 6.78. The second kappa shape index (κ2) is 11.4. The summed E-state index contributed by atoms with van der Waals surface area (Å²) in [7, 11) is 1.83. The summed E-state index contributed by atoms with van der Waals surface area (Å²) in [4.78, 5) is 28.1. The monoisotopic (exact) mass is 539 g/mol. The molecule has 12 heteroatoms. The molecule has 0 saturated heterocycles. The number of esters is 1. The smallest absolute Gasteiger partial charge is 0.311 e. The number of thioether (sulfide) groups is 1. The van der Waals surface area contributed by atoms with Crippen molar-refractivity contribution >= 4 is 56.0 Å². The first-order valence-corrected chi connectivity index (χ1v) is 12.4. The van der Waals surface area contributed by atoms with Gasteiger partial charge in [0.15, 0.2) is 22.2 Å². The molecular formula is C20H22BrN5O4S2. The van der Waals surface area contributed by atoms with Crippen molar-refractivity contribution in [2.45, 2.75) is 31.5 Å². The van der Waals surface area contributed by atoms with Crippen LogP contribution in [0.3, 0.4) is 0 Å². The number of aromatic nitrogens is 4. The second-order valence-corrected chi connectivity index (χ2v) is 9.29. The van der Waals surface area contributed by atoms with Crippen LogP contribution in [0.1, 0.15) is 31.5 Å². The van der Waals surface area contributed by atoms with Gasteiger partial charge in [-0.05, 0) is 38.1 Å². The third-order valence-electron chi connectivity index (χ3n) is 4.12. The van der Waals surface area contributed by atoms with E-state index < -0.39 is 0 Å². The van der Waals surface area contributed by atoms with E-state index in [0.717, 1.165) is 10.2 Å². The molecule has 1 aromatic carbocycles.